The number of phenols is 4. The van der Waals surface area contributed by atoms with Crippen LogP contribution < -0.4 is 9.44 Å². The Morgan fingerprint density at radius 2 is 0.833 bits per heavy atom. The Morgan fingerprint density at radius 3 is 1.17 bits per heavy atom. The van der Waals surface area contributed by atoms with E-state index >= 15 is 0 Å². The fraction of sp³-hybridized carbons (Fsp3) is 0. The van der Waals surface area contributed by atoms with Crippen molar-refractivity contribution in [2.24, 2.45) is 0 Å². The van der Waals surface area contributed by atoms with Gasteiger partial charge in [-0.15, -0.1) is 0 Å². The highest BCUT2D eigenvalue weighted by atomic mass is 32.2. The topological polar surface area (TPSA) is 173 Å². The Labute approximate surface area is 171 Å². The maximum absolute atomic E-state index is 12.5. The van der Waals surface area contributed by atoms with E-state index < -0.39 is 52.8 Å². The zero-order valence-electron chi connectivity index (χ0n) is 15.0. The molecule has 3 rings (SSSR count). The molecule has 3 aromatic carbocycles. The molecule has 0 atom stereocenters. The first-order valence-corrected chi connectivity index (χ1v) is 11.2. The lowest BCUT2D eigenvalue weighted by molar-refractivity contribution is 0.422. The van der Waals surface area contributed by atoms with Crippen molar-refractivity contribution in [3.63, 3.8) is 0 Å². The summed E-state index contributed by atoms with van der Waals surface area (Å²) < 4.78 is 54.3. The fourth-order valence-electron chi connectivity index (χ4n) is 2.64. The van der Waals surface area contributed by atoms with E-state index in [-0.39, 0.29) is 11.4 Å². The number of aromatic hydroxyl groups is 4. The standard InChI is InChI=1S/C18H16N2O8S2/c21-13-6-2-7-14(22)17(13)29(25,26)19-11-4-1-5-12(10-11)20-30(27,28)18-15(23)8-3-9-16(18)24/h1-10,19-24H. The van der Waals surface area contributed by atoms with Gasteiger partial charge in [0.15, 0.2) is 9.79 Å². The molecular formula is C18H16N2O8S2. The van der Waals surface area contributed by atoms with Gasteiger partial charge in [0.1, 0.15) is 23.0 Å². The third kappa shape index (κ3) is 4.18. The van der Waals surface area contributed by atoms with Gasteiger partial charge < -0.3 is 20.4 Å². The zero-order chi connectivity index (χ0) is 22.1. The summed E-state index contributed by atoms with van der Waals surface area (Å²) in [6, 6.07) is 11.9. The van der Waals surface area contributed by atoms with Gasteiger partial charge >= 0.3 is 0 Å². The summed E-state index contributed by atoms with van der Waals surface area (Å²) in [4.78, 5) is -1.48. The molecule has 158 valence electrons. The fourth-order valence-corrected chi connectivity index (χ4v) is 5.09. The Balaban J connectivity index is 1.92. The van der Waals surface area contributed by atoms with E-state index in [4.69, 9.17) is 0 Å². The third-order valence-electron chi connectivity index (χ3n) is 3.85. The third-order valence-corrected chi connectivity index (χ3v) is 6.77. The van der Waals surface area contributed by atoms with Gasteiger partial charge in [-0.25, -0.2) is 16.8 Å². The van der Waals surface area contributed by atoms with Crippen LogP contribution in [0.5, 0.6) is 23.0 Å². The van der Waals surface area contributed by atoms with Crippen LogP contribution in [0.25, 0.3) is 0 Å². The van der Waals surface area contributed by atoms with Gasteiger partial charge in [0, 0.05) is 0 Å². The van der Waals surface area contributed by atoms with Gasteiger partial charge in [0.05, 0.1) is 11.4 Å². The zero-order valence-corrected chi connectivity index (χ0v) is 16.6. The minimum Gasteiger partial charge on any atom is -0.506 e. The molecule has 12 heteroatoms. The first-order valence-electron chi connectivity index (χ1n) is 8.19. The molecule has 3 aromatic rings. The minimum atomic E-state index is -4.41. The molecule has 0 heterocycles. The van der Waals surface area contributed by atoms with E-state index in [2.05, 4.69) is 9.44 Å². The van der Waals surface area contributed by atoms with Crippen molar-refractivity contribution in [2.75, 3.05) is 9.44 Å². The largest absolute Gasteiger partial charge is 0.506 e. The summed E-state index contributed by atoms with van der Waals surface area (Å²) in [5.41, 5.74) is -0.168. The van der Waals surface area contributed by atoms with Crippen molar-refractivity contribution >= 4 is 31.4 Å². The van der Waals surface area contributed by atoms with Crippen molar-refractivity contribution in [1.29, 1.82) is 0 Å². The molecule has 10 nitrogen and oxygen atoms in total. The summed E-state index contributed by atoms with van der Waals surface area (Å²) in [6.07, 6.45) is 0. The quantitative estimate of drug-likeness (QED) is 0.330. The van der Waals surface area contributed by atoms with E-state index in [1.54, 1.807) is 0 Å². The lowest BCUT2D eigenvalue weighted by Gasteiger charge is -2.13. The molecule has 0 aliphatic heterocycles. The van der Waals surface area contributed by atoms with Crippen LogP contribution in [-0.2, 0) is 20.0 Å². The van der Waals surface area contributed by atoms with Crippen molar-refractivity contribution in [3.8, 4) is 23.0 Å². The molecule has 0 unspecified atom stereocenters. The van der Waals surface area contributed by atoms with Crippen LogP contribution in [0, 0.1) is 0 Å². The highest BCUT2D eigenvalue weighted by molar-refractivity contribution is 7.93. The monoisotopic (exact) mass is 452 g/mol. The van der Waals surface area contributed by atoms with Crippen molar-refractivity contribution < 1.29 is 37.3 Å². The van der Waals surface area contributed by atoms with Crippen molar-refractivity contribution in [1.82, 2.24) is 0 Å². The maximum Gasteiger partial charge on any atom is 0.269 e. The van der Waals surface area contributed by atoms with Gasteiger partial charge in [0.25, 0.3) is 20.0 Å². The molecule has 0 bridgehead atoms. The van der Waals surface area contributed by atoms with Gasteiger partial charge in [0.2, 0.25) is 0 Å². The number of phenolic OH excluding ortho intramolecular Hbond substituents is 4. The highest BCUT2D eigenvalue weighted by Crippen LogP contribution is 2.34. The molecule has 0 aliphatic rings. The SMILES string of the molecule is O=S(=O)(Nc1cccc(NS(=O)(=O)c2c(O)cccc2O)c1)c1c(O)cccc1O. The van der Waals surface area contributed by atoms with E-state index in [9.17, 15) is 37.3 Å². The molecular weight excluding hydrogens is 436 g/mol. The van der Waals surface area contributed by atoms with Crippen LogP contribution in [0.3, 0.4) is 0 Å². The summed E-state index contributed by atoms with van der Waals surface area (Å²) in [5.74, 6) is -2.69. The van der Waals surface area contributed by atoms with Crippen LogP contribution in [0.1, 0.15) is 0 Å². The molecule has 0 saturated heterocycles. The smallest absolute Gasteiger partial charge is 0.269 e. The van der Waals surface area contributed by atoms with Crippen LogP contribution >= 0.6 is 0 Å². The molecule has 0 saturated carbocycles. The molecule has 0 aliphatic carbocycles. The predicted octanol–water partition coefficient (Wildman–Crippen LogP) is 2.11. The molecule has 30 heavy (non-hydrogen) atoms. The maximum atomic E-state index is 12.5. The number of hydrogen-bond acceptors (Lipinski definition) is 8. The summed E-state index contributed by atoms with van der Waals surface area (Å²) in [6.45, 7) is 0. The Bertz CT molecular complexity index is 1180. The number of benzene rings is 3. The molecule has 0 fully saturated rings. The molecule has 0 amide bonds. The minimum absolute atomic E-state index is 0.0839. The average Bonchev–Trinajstić information content (AvgIpc) is 2.60. The van der Waals surface area contributed by atoms with Crippen LogP contribution in [0.2, 0.25) is 0 Å². The Morgan fingerprint density at radius 1 is 0.533 bits per heavy atom. The number of nitrogens with one attached hydrogen (secondary N) is 2. The average molecular weight is 452 g/mol. The first kappa shape index (κ1) is 21.1. The van der Waals surface area contributed by atoms with Gasteiger partial charge in [-0.2, -0.15) is 0 Å². The van der Waals surface area contributed by atoms with Crippen molar-refractivity contribution in [2.45, 2.75) is 9.79 Å². The summed E-state index contributed by atoms with van der Waals surface area (Å²) in [5, 5.41) is 39.1. The predicted molar refractivity (Wildman–Crippen MR) is 108 cm³/mol. The van der Waals surface area contributed by atoms with Crippen molar-refractivity contribution in [3.05, 3.63) is 60.7 Å². The Hall–Kier alpha value is -3.64. The van der Waals surface area contributed by atoms with Gasteiger partial charge in [-0.05, 0) is 42.5 Å². The second kappa shape index (κ2) is 7.65. The van der Waals surface area contributed by atoms with E-state index in [1.165, 1.54) is 30.3 Å². The number of sulfonamides is 2. The van der Waals surface area contributed by atoms with Gasteiger partial charge in [-0.3, -0.25) is 9.44 Å². The second-order valence-corrected chi connectivity index (χ2v) is 9.28. The number of anilines is 2. The number of hydrogen-bond donors (Lipinski definition) is 6. The van der Waals surface area contributed by atoms with E-state index in [1.807, 2.05) is 0 Å². The van der Waals surface area contributed by atoms with Crippen LogP contribution in [0.4, 0.5) is 11.4 Å². The lowest BCUT2D eigenvalue weighted by atomic mass is 10.3. The molecule has 0 radical (unpaired) electrons. The highest BCUT2D eigenvalue weighted by Gasteiger charge is 2.25. The summed E-state index contributed by atoms with van der Waals surface area (Å²) in [7, 11) is -8.82. The lowest BCUT2D eigenvalue weighted by Crippen LogP contribution is -2.15. The van der Waals surface area contributed by atoms with E-state index in [0.29, 0.717) is 0 Å². The molecule has 0 spiro atoms. The van der Waals surface area contributed by atoms with Gasteiger partial charge in [-0.1, -0.05) is 18.2 Å². The van der Waals surface area contributed by atoms with E-state index in [0.717, 1.165) is 30.3 Å². The van der Waals surface area contributed by atoms with Crippen LogP contribution in [0.15, 0.2) is 70.5 Å². The number of rotatable bonds is 6. The summed E-state index contributed by atoms with van der Waals surface area (Å²) >= 11 is 0. The Kier molecular flexibility index (Phi) is 5.37. The second-order valence-electron chi connectivity index (χ2n) is 6.04. The first-order chi connectivity index (χ1) is 14.0. The molecule has 0 aromatic heterocycles. The normalized spacial score (nSPS) is 11.7. The van der Waals surface area contributed by atoms with Crippen LogP contribution in [-0.4, -0.2) is 37.3 Å². The molecule has 6 N–H and O–H groups in total.